The Morgan fingerprint density at radius 3 is 2.86 bits per heavy atom. The number of fused-ring (bicyclic) bond motifs is 1. The predicted octanol–water partition coefficient (Wildman–Crippen LogP) is 2.91. The molecule has 0 atom stereocenters. The fourth-order valence-corrected chi connectivity index (χ4v) is 2.98. The first-order valence-electron chi connectivity index (χ1n) is 7.15. The van der Waals surface area contributed by atoms with Crippen LogP contribution in [-0.2, 0) is 13.0 Å². The smallest absolute Gasteiger partial charge is 0.275 e. The molecule has 114 valence electrons. The summed E-state index contributed by atoms with van der Waals surface area (Å²) in [4.78, 5) is 17.2. The second-order valence-corrected chi connectivity index (χ2v) is 6.23. The van der Waals surface area contributed by atoms with E-state index in [2.05, 4.69) is 10.1 Å². The minimum Gasteiger partial charge on any atom is -0.487 e. The Kier molecular flexibility index (Phi) is 3.94. The molecule has 3 rings (SSSR count). The van der Waals surface area contributed by atoms with Gasteiger partial charge in [-0.3, -0.25) is 4.79 Å². The van der Waals surface area contributed by atoms with Crippen LogP contribution in [0.3, 0.4) is 0 Å². The van der Waals surface area contributed by atoms with E-state index >= 15 is 0 Å². The maximum atomic E-state index is 12.1. The Balaban J connectivity index is 1.87. The van der Waals surface area contributed by atoms with Crippen molar-refractivity contribution in [3.63, 3.8) is 0 Å². The molecule has 0 radical (unpaired) electrons. The number of rotatable bonds is 4. The maximum Gasteiger partial charge on any atom is 0.275 e. The molecular formula is C16H17N3O2S. The highest BCUT2D eigenvalue weighted by Crippen LogP contribution is 2.20. The summed E-state index contributed by atoms with van der Waals surface area (Å²) in [6.45, 7) is 6.30. The van der Waals surface area contributed by atoms with Crippen molar-refractivity contribution in [3.8, 4) is 5.75 Å². The average Bonchev–Trinajstić information content (AvgIpc) is 2.92. The first-order chi connectivity index (χ1) is 10.6. The molecule has 22 heavy (non-hydrogen) atoms. The molecule has 2 aromatic heterocycles. The van der Waals surface area contributed by atoms with E-state index in [9.17, 15) is 4.79 Å². The van der Waals surface area contributed by atoms with Crippen molar-refractivity contribution >= 4 is 16.3 Å². The number of benzene rings is 1. The number of hydrogen-bond donors (Lipinski definition) is 0. The molecule has 0 fully saturated rings. The van der Waals surface area contributed by atoms with E-state index in [0.717, 1.165) is 28.3 Å². The van der Waals surface area contributed by atoms with Crippen molar-refractivity contribution in [3.05, 3.63) is 56.4 Å². The quantitative estimate of drug-likeness (QED) is 0.743. The molecule has 0 spiro atoms. The van der Waals surface area contributed by atoms with Crippen LogP contribution in [0.5, 0.6) is 5.75 Å². The Bertz CT molecular complexity index is 883. The summed E-state index contributed by atoms with van der Waals surface area (Å²) >= 11 is 1.44. The maximum absolute atomic E-state index is 12.1. The minimum atomic E-state index is -0.166. The fourth-order valence-electron chi connectivity index (χ4n) is 2.13. The number of ether oxygens (including phenoxy) is 1. The highest BCUT2D eigenvalue weighted by Gasteiger charge is 2.09. The first-order valence-corrected chi connectivity index (χ1v) is 7.97. The fraction of sp³-hybridized carbons (Fsp3) is 0.312. The van der Waals surface area contributed by atoms with Crippen LogP contribution in [0.15, 0.2) is 29.1 Å². The van der Waals surface area contributed by atoms with Gasteiger partial charge in [0, 0.05) is 6.07 Å². The number of aromatic nitrogens is 3. The van der Waals surface area contributed by atoms with Crippen LogP contribution in [-0.4, -0.2) is 14.6 Å². The van der Waals surface area contributed by atoms with Gasteiger partial charge in [0.2, 0.25) is 4.96 Å². The molecule has 0 aliphatic rings. The molecule has 0 aliphatic carbocycles. The van der Waals surface area contributed by atoms with Gasteiger partial charge in [-0.05, 0) is 37.5 Å². The lowest BCUT2D eigenvalue weighted by molar-refractivity contribution is 0.299. The molecule has 2 heterocycles. The zero-order valence-electron chi connectivity index (χ0n) is 12.8. The third-order valence-corrected chi connectivity index (χ3v) is 4.41. The van der Waals surface area contributed by atoms with Gasteiger partial charge in [0.05, 0.1) is 5.69 Å². The predicted molar refractivity (Wildman–Crippen MR) is 86.8 cm³/mol. The first kappa shape index (κ1) is 14.7. The SMILES string of the molecule is CCc1nn2c(=O)cc(COc3cc(C)ccc3C)nc2s1. The van der Waals surface area contributed by atoms with Crippen molar-refractivity contribution < 1.29 is 4.74 Å². The summed E-state index contributed by atoms with van der Waals surface area (Å²) in [6, 6.07) is 7.54. The zero-order valence-corrected chi connectivity index (χ0v) is 13.6. The highest BCUT2D eigenvalue weighted by atomic mass is 32.1. The van der Waals surface area contributed by atoms with Crippen LogP contribution in [0.2, 0.25) is 0 Å². The zero-order chi connectivity index (χ0) is 15.7. The molecule has 0 N–H and O–H groups in total. The van der Waals surface area contributed by atoms with Crippen LogP contribution >= 0.6 is 11.3 Å². The number of hydrogen-bond acceptors (Lipinski definition) is 5. The van der Waals surface area contributed by atoms with Crippen LogP contribution in [0.25, 0.3) is 4.96 Å². The third kappa shape index (κ3) is 2.87. The van der Waals surface area contributed by atoms with E-state index in [1.165, 1.54) is 21.9 Å². The Morgan fingerprint density at radius 2 is 2.09 bits per heavy atom. The topological polar surface area (TPSA) is 56.5 Å². The summed E-state index contributed by atoms with van der Waals surface area (Å²) in [7, 11) is 0. The van der Waals surface area contributed by atoms with Gasteiger partial charge in [-0.2, -0.15) is 9.61 Å². The van der Waals surface area contributed by atoms with Gasteiger partial charge in [0.15, 0.2) is 0 Å². The largest absolute Gasteiger partial charge is 0.487 e. The Hall–Kier alpha value is -2.21. The van der Waals surface area contributed by atoms with Gasteiger partial charge < -0.3 is 4.74 Å². The van der Waals surface area contributed by atoms with E-state index < -0.39 is 0 Å². The van der Waals surface area contributed by atoms with E-state index in [0.29, 0.717) is 10.7 Å². The molecule has 5 nitrogen and oxygen atoms in total. The molecule has 0 saturated carbocycles. The summed E-state index contributed by atoms with van der Waals surface area (Å²) < 4.78 is 7.17. The molecule has 0 aliphatic heterocycles. The summed E-state index contributed by atoms with van der Waals surface area (Å²) in [5, 5.41) is 5.14. The summed E-state index contributed by atoms with van der Waals surface area (Å²) in [6.07, 6.45) is 0.793. The third-order valence-electron chi connectivity index (χ3n) is 3.36. The molecule has 6 heteroatoms. The Morgan fingerprint density at radius 1 is 1.27 bits per heavy atom. The monoisotopic (exact) mass is 315 g/mol. The molecule has 0 unspecified atom stereocenters. The normalized spacial score (nSPS) is 11.0. The molecular weight excluding hydrogens is 298 g/mol. The van der Waals surface area contributed by atoms with E-state index in [1.807, 2.05) is 39.0 Å². The number of nitrogens with zero attached hydrogens (tertiary/aromatic N) is 3. The van der Waals surface area contributed by atoms with Crippen LogP contribution in [0, 0.1) is 13.8 Å². The van der Waals surface area contributed by atoms with E-state index in [-0.39, 0.29) is 12.2 Å². The van der Waals surface area contributed by atoms with Crippen molar-refractivity contribution in [2.75, 3.05) is 0 Å². The lowest BCUT2D eigenvalue weighted by Gasteiger charge is -2.09. The molecule has 0 bridgehead atoms. The minimum absolute atomic E-state index is 0.166. The second kappa shape index (κ2) is 5.88. The van der Waals surface area contributed by atoms with E-state index in [4.69, 9.17) is 4.74 Å². The van der Waals surface area contributed by atoms with Gasteiger partial charge in [-0.25, -0.2) is 4.98 Å². The standard InChI is InChI=1S/C16H17N3O2S/c1-4-14-18-19-15(20)8-12(17-16(19)22-14)9-21-13-7-10(2)5-6-11(13)3/h5-8H,4,9H2,1-3H3. The van der Waals surface area contributed by atoms with Gasteiger partial charge in [0.25, 0.3) is 5.56 Å². The van der Waals surface area contributed by atoms with Crippen molar-refractivity contribution in [2.45, 2.75) is 33.8 Å². The van der Waals surface area contributed by atoms with Crippen LogP contribution < -0.4 is 10.3 Å². The van der Waals surface area contributed by atoms with Crippen LogP contribution in [0.4, 0.5) is 0 Å². The second-order valence-electron chi connectivity index (χ2n) is 5.19. The van der Waals surface area contributed by atoms with Crippen LogP contribution in [0.1, 0.15) is 28.8 Å². The van der Waals surface area contributed by atoms with Crippen molar-refractivity contribution in [2.24, 2.45) is 0 Å². The molecule has 1 aromatic carbocycles. The molecule has 0 saturated heterocycles. The van der Waals surface area contributed by atoms with Gasteiger partial charge in [0.1, 0.15) is 17.4 Å². The van der Waals surface area contributed by atoms with Gasteiger partial charge >= 0.3 is 0 Å². The Labute approximate surface area is 132 Å². The summed E-state index contributed by atoms with van der Waals surface area (Å²) in [5.41, 5.74) is 2.66. The van der Waals surface area contributed by atoms with Crippen molar-refractivity contribution in [1.82, 2.24) is 14.6 Å². The molecule has 3 aromatic rings. The van der Waals surface area contributed by atoms with Gasteiger partial charge in [-0.15, -0.1) is 0 Å². The molecule has 0 amide bonds. The number of aryl methyl sites for hydroxylation is 3. The highest BCUT2D eigenvalue weighted by molar-refractivity contribution is 7.16. The average molecular weight is 315 g/mol. The lowest BCUT2D eigenvalue weighted by atomic mass is 10.1. The van der Waals surface area contributed by atoms with E-state index in [1.54, 1.807) is 0 Å². The van der Waals surface area contributed by atoms with Gasteiger partial charge in [-0.1, -0.05) is 30.4 Å². The summed E-state index contributed by atoms with van der Waals surface area (Å²) in [5.74, 6) is 0.820. The van der Waals surface area contributed by atoms with Crippen molar-refractivity contribution in [1.29, 1.82) is 0 Å². The lowest BCUT2D eigenvalue weighted by Crippen LogP contribution is -2.16.